The van der Waals surface area contributed by atoms with E-state index in [0.29, 0.717) is 63.9 Å². The molecule has 0 bridgehead atoms. The molecule has 2 aromatic rings. The number of thiocarbonyl (C=S) groups is 1. The summed E-state index contributed by atoms with van der Waals surface area (Å²) in [6.07, 6.45) is 0. The van der Waals surface area contributed by atoms with Crippen molar-refractivity contribution in [2.75, 3.05) is 67.6 Å². The van der Waals surface area contributed by atoms with Crippen LogP contribution >= 0.6 is 12.2 Å². The highest BCUT2D eigenvalue weighted by molar-refractivity contribution is 7.80. The third-order valence-electron chi connectivity index (χ3n) is 6.23. The van der Waals surface area contributed by atoms with Gasteiger partial charge in [0.15, 0.2) is 5.11 Å². The molecule has 2 saturated heterocycles. The van der Waals surface area contributed by atoms with E-state index in [1.54, 1.807) is 13.0 Å². The number of nitro benzene ring substituents is 1. The van der Waals surface area contributed by atoms with Crippen LogP contribution in [0.3, 0.4) is 0 Å². The standard InChI is InChI=1S/C24H28N6O5S/c1-17(31)27-8-10-28(11-9-27)22-5-3-2-4-20(22)25-24(36)26-23(32)19-16-18(30(33)34)6-7-21(19)29-12-14-35-15-13-29/h2-7,16H,8-15H2,1H3,(H2,25,26,32,36). The van der Waals surface area contributed by atoms with Gasteiger partial charge in [-0.15, -0.1) is 0 Å². The van der Waals surface area contributed by atoms with E-state index in [1.807, 2.05) is 34.1 Å². The molecule has 0 radical (unpaired) electrons. The summed E-state index contributed by atoms with van der Waals surface area (Å²) >= 11 is 5.43. The molecule has 0 spiro atoms. The number of ether oxygens (including phenoxy) is 1. The number of non-ortho nitro benzene ring substituents is 1. The molecule has 2 heterocycles. The molecular formula is C24H28N6O5S. The van der Waals surface area contributed by atoms with Crippen LogP contribution < -0.4 is 20.4 Å². The van der Waals surface area contributed by atoms with Gasteiger partial charge in [0, 0.05) is 58.3 Å². The molecule has 2 N–H and O–H groups in total. The number of hydrogen-bond donors (Lipinski definition) is 2. The van der Waals surface area contributed by atoms with E-state index in [1.165, 1.54) is 12.1 Å². The fraction of sp³-hybridized carbons (Fsp3) is 0.375. The first kappa shape index (κ1) is 25.3. The lowest BCUT2D eigenvalue weighted by Crippen LogP contribution is -2.48. The van der Waals surface area contributed by atoms with Crippen molar-refractivity contribution in [2.45, 2.75) is 6.92 Å². The van der Waals surface area contributed by atoms with Crippen LogP contribution in [-0.4, -0.2) is 79.2 Å². The van der Waals surface area contributed by atoms with Crippen LogP contribution in [0.15, 0.2) is 42.5 Å². The molecule has 12 heteroatoms. The first-order valence-corrected chi connectivity index (χ1v) is 12.1. The molecule has 2 fully saturated rings. The average molecular weight is 513 g/mol. The van der Waals surface area contributed by atoms with Crippen molar-refractivity contribution >= 4 is 51.9 Å². The van der Waals surface area contributed by atoms with Crippen LogP contribution in [0.1, 0.15) is 17.3 Å². The van der Waals surface area contributed by atoms with Gasteiger partial charge < -0.3 is 24.8 Å². The Balaban J connectivity index is 1.48. The number of piperazine rings is 1. The Bertz CT molecular complexity index is 1160. The molecule has 11 nitrogen and oxygen atoms in total. The minimum Gasteiger partial charge on any atom is -0.378 e. The van der Waals surface area contributed by atoms with Gasteiger partial charge in [-0.25, -0.2) is 0 Å². The highest BCUT2D eigenvalue weighted by atomic mass is 32.1. The summed E-state index contributed by atoms with van der Waals surface area (Å²) in [6.45, 7) is 6.34. The summed E-state index contributed by atoms with van der Waals surface area (Å²) in [5, 5.41) is 17.2. The maximum Gasteiger partial charge on any atom is 0.270 e. The maximum absolute atomic E-state index is 13.2. The minimum atomic E-state index is -0.537. The topological polar surface area (TPSA) is 120 Å². The Morgan fingerprint density at radius 1 is 0.972 bits per heavy atom. The van der Waals surface area contributed by atoms with Gasteiger partial charge in [-0.1, -0.05) is 12.1 Å². The lowest BCUT2D eigenvalue weighted by atomic mass is 10.1. The molecule has 2 aliphatic heterocycles. The number of nitrogens with one attached hydrogen (secondary N) is 2. The van der Waals surface area contributed by atoms with Gasteiger partial charge in [-0.05, 0) is 30.4 Å². The van der Waals surface area contributed by atoms with Crippen molar-refractivity contribution in [2.24, 2.45) is 0 Å². The number of carbonyl (C=O) groups excluding carboxylic acids is 2. The van der Waals surface area contributed by atoms with Crippen LogP contribution in [0.4, 0.5) is 22.7 Å². The van der Waals surface area contributed by atoms with Gasteiger partial charge in [0.25, 0.3) is 11.6 Å². The predicted octanol–water partition coefficient (Wildman–Crippen LogP) is 2.23. The van der Waals surface area contributed by atoms with E-state index in [4.69, 9.17) is 17.0 Å². The predicted molar refractivity (Wildman–Crippen MR) is 141 cm³/mol. The molecule has 0 saturated carbocycles. The highest BCUT2D eigenvalue weighted by Crippen LogP contribution is 2.28. The molecule has 2 amide bonds. The highest BCUT2D eigenvalue weighted by Gasteiger charge is 2.24. The normalized spacial score (nSPS) is 15.9. The number of anilines is 3. The van der Waals surface area contributed by atoms with Crippen molar-refractivity contribution in [3.05, 3.63) is 58.1 Å². The van der Waals surface area contributed by atoms with Gasteiger partial charge in [-0.2, -0.15) is 0 Å². The van der Waals surface area contributed by atoms with Crippen molar-refractivity contribution in [1.29, 1.82) is 0 Å². The fourth-order valence-electron chi connectivity index (χ4n) is 4.34. The Hall–Kier alpha value is -3.77. The second-order valence-corrected chi connectivity index (χ2v) is 8.88. The molecule has 0 aliphatic carbocycles. The van der Waals surface area contributed by atoms with E-state index in [0.717, 1.165) is 5.69 Å². The van der Waals surface area contributed by atoms with E-state index >= 15 is 0 Å². The largest absolute Gasteiger partial charge is 0.378 e. The Morgan fingerprint density at radius 2 is 1.64 bits per heavy atom. The van der Waals surface area contributed by atoms with Crippen molar-refractivity contribution in [3.63, 3.8) is 0 Å². The zero-order valence-corrected chi connectivity index (χ0v) is 20.8. The van der Waals surface area contributed by atoms with Crippen LogP contribution in [0, 0.1) is 10.1 Å². The number of nitrogens with zero attached hydrogens (tertiary/aromatic N) is 4. The molecule has 4 rings (SSSR count). The first-order valence-electron chi connectivity index (χ1n) is 11.7. The number of rotatable bonds is 5. The summed E-state index contributed by atoms with van der Waals surface area (Å²) in [5.74, 6) is -0.479. The average Bonchev–Trinajstić information content (AvgIpc) is 2.89. The summed E-state index contributed by atoms with van der Waals surface area (Å²) in [4.78, 5) is 41.6. The molecule has 0 atom stereocenters. The third-order valence-corrected chi connectivity index (χ3v) is 6.44. The summed E-state index contributed by atoms with van der Waals surface area (Å²) in [5.41, 5.74) is 2.20. The summed E-state index contributed by atoms with van der Waals surface area (Å²) < 4.78 is 5.39. The number of para-hydroxylation sites is 2. The van der Waals surface area contributed by atoms with Gasteiger partial charge in [0.1, 0.15) is 0 Å². The number of benzene rings is 2. The Kier molecular flexibility index (Phi) is 7.96. The number of carbonyl (C=O) groups is 2. The first-order chi connectivity index (χ1) is 17.3. The van der Waals surface area contributed by atoms with E-state index < -0.39 is 10.8 Å². The van der Waals surface area contributed by atoms with Gasteiger partial charge >= 0.3 is 0 Å². The van der Waals surface area contributed by atoms with Crippen LogP contribution in [0.2, 0.25) is 0 Å². The van der Waals surface area contributed by atoms with Crippen molar-refractivity contribution < 1.29 is 19.2 Å². The quantitative estimate of drug-likeness (QED) is 0.353. The Morgan fingerprint density at radius 3 is 2.31 bits per heavy atom. The second-order valence-electron chi connectivity index (χ2n) is 8.48. The SMILES string of the molecule is CC(=O)N1CCN(c2ccccc2NC(=S)NC(=O)c2cc([N+](=O)[O-])ccc2N2CCOCC2)CC1. The Labute approximate surface area is 214 Å². The smallest absolute Gasteiger partial charge is 0.270 e. The number of hydrogen-bond acceptors (Lipinski definition) is 8. The maximum atomic E-state index is 13.2. The van der Waals surface area contributed by atoms with Crippen molar-refractivity contribution in [3.8, 4) is 0 Å². The molecule has 0 unspecified atom stereocenters. The zero-order chi connectivity index (χ0) is 25.7. The molecule has 2 aliphatic rings. The van der Waals surface area contributed by atoms with Gasteiger partial charge in [0.2, 0.25) is 5.91 Å². The third kappa shape index (κ3) is 5.89. The molecule has 0 aromatic heterocycles. The minimum absolute atomic E-state index is 0.0579. The zero-order valence-electron chi connectivity index (χ0n) is 19.9. The molecule has 36 heavy (non-hydrogen) atoms. The fourth-order valence-corrected chi connectivity index (χ4v) is 4.54. The number of nitro groups is 1. The van der Waals surface area contributed by atoms with E-state index in [9.17, 15) is 19.7 Å². The summed E-state index contributed by atoms with van der Waals surface area (Å²) in [6, 6.07) is 11.8. The van der Waals surface area contributed by atoms with E-state index in [-0.39, 0.29) is 22.3 Å². The molecule has 2 aromatic carbocycles. The number of amides is 2. The van der Waals surface area contributed by atoms with E-state index in [2.05, 4.69) is 15.5 Å². The van der Waals surface area contributed by atoms with Gasteiger partial charge in [0.05, 0.1) is 40.8 Å². The number of morpholine rings is 1. The van der Waals surface area contributed by atoms with Crippen LogP contribution in [-0.2, 0) is 9.53 Å². The van der Waals surface area contributed by atoms with Crippen LogP contribution in [0.5, 0.6) is 0 Å². The molecule has 190 valence electrons. The van der Waals surface area contributed by atoms with Gasteiger partial charge in [-0.3, -0.25) is 25.0 Å². The monoisotopic (exact) mass is 512 g/mol. The summed E-state index contributed by atoms with van der Waals surface area (Å²) in [7, 11) is 0. The lowest BCUT2D eigenvalue weighted by molar-refractivity contribution is -0.384. The van der Waals surface area contributed by atoms with Crippen molar-refractivity contribution in [1.82, 2.24) is 10.2 Å². The lowest BCUT2D eigenvalue weighted by Gasteiger charge is -2.36. The molecular weight excluding hydrogens is 484 g/mol. The second kappa shape index (κ2) is 11.3. The van der Waals surface area contributed by atoms with Crippen LogP contribution in [0.25, 0.3) is 0 Å².